The minimum atomic E-state index is -2.49. The minimum absolute atomic E-state index is 0.0662. The van der Waals surface area contributed by atoms with Crippen molar-refractivity contribution in [2.45, 2.75) is 10.7 Å². The number of thioether (sulfide) groups is 1. The van der Waals surface area contributed by atoms with E-state index in [9.17, 15) is 18.4 Å². The number of aliphatic hydroxyl groups excluding tert-OH is 1. The van der Waals surface area contributed by atoms with Crippen molar-refractivity contribution in [3.8, 4) is 0 Å². The average molecular weight is 314 g/mol. The molecule has 0 bridgehead atoms. The summed E-state index contributed by atoms with van der Waals surface area (Å²) in [7, 11) is 0. The van der Waals surface area contributed by atoms with Crippen LogP contribution in [-0.4, -0.2) is 40.7 Å². The third-order valence-electron chi connectivity index (χ3n) is 2.69. The molecule has 2 N–H and O–H groups in total. The zero-order valence-electron chi connectivity index (χ0n) is 10.8. The van der Waals surface area contributed by atoms with Crippen LogP contribution in [0.15, 0.2) is 40.9 Å². The van der Waals surface area contributed by atoms with Crippen molar-refractivity contribution < 1.29 is 23.5 Å². The maximum Gasteiger partial charge on any atom is 0.288 e. The summed E-state index contributed by atoms with van der Waals surface area (Å²) in [4.78, 5) is 24.7. The molecule has 0 saturated heterocycles. The van der Waals surface area contributed by atoms with Crippen molar-refractivity contribution in [1.82, 2.24) is 4.90 Å². The number of nitrogens with one attached hydrogen (secondary N) is 1. The number of hydrogen-bond donors (Lipinski definition) is 2. The first-order valence-electron chi connectivity index (χ1n) is 6.01. The Morgan fingerprint density at radius 2 is 1.90 bits per heavy atom. The molecule has 1 aliphatic heterocycles. The fraction of sp³-hybridized carbons (Fsp3) is 0.231. The van der Waals surface area contributed by atoms with Gasteiger partial charge >= 0.3 is 0 Å². The third-order valence-corrected chi connectivity index (χ3v) is 3.41. The molecule has 0 spiro atoms. The summed E-state index contributed by atoms with van der Waals surface area (Å²) < 4.78 is 24.4. The summed E-state index contributed by atoms with van der Waals surface area (Å²) in [5.74, 6) is -3.52. The van der Waals surface area contributed by atoms with Crippen molar-refractivity contribution >= 4 is 29.3 Å². The molecule has 0 saturated carbocycles. The van der Waals surface area contributed by atoms with Gasteiger partial charge in [-0.05, 0) is 24.3 Å². The van der Waals surface area contributed by atoms with Crippen molar-refractivity contribution in [2.24, 2.45) is 0 Å². The van der Waals surface area contributed by atoms with Gasteiger partial charge in [0, 0.05) is 16.7 Å². The first-order chi connectivity index (χ1) is 10.0. The van der Waals surface area contributed by atoms with Crippen LogP contribution in [0.5, 0.6) is 0 Å². The number of anilines is 1. The van der Waals surface area contributed by atoms with Crippen LogP contribution in [0.4, 0.5) is 14.5 Å². The molecule has 5 nitrogen and oxygen atoms in total. The molecule has 1 aromatic rings. The first kappa shape index (κ1) is 15.5. The van der Waals surface area contributed by atoms with Gasteiger partial charge in [0.1, 0.15) is 5.70 Å². The summed E-state index contributed by atoms with van der Waals surface area (Å²) in [5.41, 5.74) is 0.592. The van der Waals surface area contributed by atoms with Gasteiger partial charge in [0.15, 0.2) is 0 Å². The fourth-order valence-corrected chi connectivity index (χ4v) is 2.28. The summed E-state index contributed by atoms with van der Waals surface area (Å²) in [6.45, 7) is -0.374. The second-order valence-electron chi connectivity index (χ2n) is 4.10. The van der Waals surface area contributed by atoms with Crippen LogP contribution in [-0.2, 0) is 9.59 Å². The van der Waals surface area contributed by atoms with Crippen molar-refractivity contribution in [3.05, 3.63) is 36.0 Å². The molecule has 2 rings (SSSR count). The Hall–Kier alpha value is -1.93. The van der Waals surface area contributed by atoms with Gasteiger partial charge in [0.05, 0.1) is 13.2 Å². The lowest BCUT2D eigenvalue weighted by Crippen LogP contribution is -2.34. The van der Waals surface area contributed by atoms with Gasteiger partial charge in [-0.25, -0.2) is 0 Å². The number of alkyl halides is 2. The summed E-state index contributed by atoms with van der Waals surface area (Å²) >= 11 is 0.425. The zero-order valence-corrected chi connectivity index (χ0v) is 11.6. The second kappa shape index (κ2) is 6.68. The number of nitrogens with zero attached hydrogens (tertiary/aromatic N) is 1. The Bertz CT molecular complexity index is 575. The van der Waals surface area contributed by atoms with Gasteiger partial charge in [-0.2, -0.15) is 8.78 Å². The molecule has 1 aromatic carbocycles. The third kappa shape index (κ3) is 3.79. The van der Waals surface area contributed by atoms with E-state index in [0.29, 0.717) is 22.3 Å². The first-order valence-corrected chi connectivity index (χ1v) is 6.89. The number of hydrogen-bond acceptors (Lipinski definition) is 5. The van der Waals surface area contributed by atoms with Crippen LogP contribution in [0.3, 0.4) is 0 Å². The molecule has 0 radical (unpaired) electrons. The number of imide groups is 1. The highest BCUT2D eigenvalue weighted by Crippen LogP contribution is 2.26. The molecule has 1 aliphatic rings. The molecule has 0 aliphatic carbocycles. The SMILES string of the molecule is O=C1C=C(Nc2ccc(SC(F)F)cc2)C(=O)N1CCO. The van der Waals surface area contributed by atoms with E-state index in [4.69, 9.17) is 5.11 Å². The van der Waals surface area contributed by atoms with E-state index in [1.807, 2.05) is 0 Å². The quantitative estimate of drug-likeness (QED) is 0.617. The van der Waals surface area contributed by atoms with Crippen LogP contribution in [0.25, 0.3) is 0 Å². The molecule has 112 valence electrons. The van der Waals surface area contributed by atoms with E-state index in [1.165, 1.54) is 24.3 Å². The van der Waals surface area contributed by atoms with Gasteiger partial charge in [-0.15, -0.1) is 0 Å². The number of aliphatic hydroxyl groups is 1. The molecule has 8 heteroatoms. The van der Waals surface area contributed by atoms with Gasteiger partial charge < -0.3 is 10.4 Å². The summed E-state index contributed by atoms with van der Waals surface area (Å²) in [6.07, 6.45) is 1.14. The van der Waals surface area contributed by atoms with Crippen molar-refractivity contribution in [2.75, 3.05) is 18.5 Å². The predicted octanol–water partition coefficient (Wildman–Crippen LogP) is 1.66. The molecule has 21 heavy (non-hydrogen) atoms. The molecule has 2 amide bonds. The van der Waals surface area contributed by atoms with Gasteiger partial charge in [0.2, 0.25) is 0 Å². The van der Waals surface area contributed by atoms with Crippen molar-refractivity contribution in [1.29, 1.82) is 0 Å². The highest BCUT2D eigenvalue weighted by Gasteiger charge is 2.30. The monoisotopic (exact) mass is 314 g/mol. The summed E-state index contributed by atoms with van der Waals surface area (Å²) in [5, 5.41) is 11.5. The van der Waals surface area contributed by atoms with Gasteiger partial charge in [0.25, 0.3) is 17.6 Å². The van der Waals surface area contributed by atoms with E-state index in [0.717, 1.165) is 11.0 Å². The minimum Gasteiger partial charge on any atom is -0.395 e. The number of amides is 2. The number of carbonyl (C=O) groups is 2. The number of carbonyl (C=O) groups excluding carboxylic acids is 2. The molecule has 1 heterocycles. The number of β-amino-alcohol motifs (C(OH)–C–C–N with tert-alkyl or cyclic N) is 1. The highest BCUT2D eigenvalue weighted by atomic mass is 32.2. The Morgan fingerprint density at radius 1 is 1.24 bits per heavy atom. The molecule has 0 atom stereocenters. The van der Waals surface area contributed by atoms with Crippen LogP contribution >= 0.6 is 11.8 Å². The fourth-order valence-electron chi connectivity index (χ4n) is 1.79. The van der Waals surface area contributed by atoms with E-state index in [1.54, 1.807) is 0 Å². The predicted molar refractivity (Wildman–Crippen MR) is 73.8 cm³/mol. The molecule has 0 aromatic heterocycles. The van der Waals surface area contributed by atoms with Gasteiger partial charge in [-0.3, -0.25) is 14.5 Å². The number of benzene rings is 1. The molecular weight excluding hydrogens is 302 g/mol. The largest absolute Gasteiger partial charge is 0.395 e. The normalized spacial score (nSPS) is 14.9. The Labute approximate surface area is 123 Å². The lowest BCUT2D eigenvalue weighted by Gasteiger charge is -2.13. The topological polar surface area (TPSA) is 69.6 Å². The molecule has 0 unspecified atom stereocenters. The lowest BCUT2D eigenvalue weighted by molar-refractivity contribution is -0.137. The molecular formula is C13H12F2N2O3S. The number of halogens is 2. The smallest absolute Gasteiger partial charge is 0.288 e. The lowest BCUT2D eigenvalue weighted by atomic mass is 10.3. The average Bonchev–Trinajstić information content (AvgIpc) is 2.69. The Kier molecular flexibility index (Phi) is 4.92. The van der Waals surface area contributed by atoms with Gasteiger partial charge in [-0.1, -0.05) is 11.8 Å². The van der Waals surface area contributed by atoms with E-state index in [-0.39, 0.29) is 18.8 Å². The summed E-state index contributed by atoms with van der Waals surface area (Å²) in [6, 6.07) is 6.06. The second-order valence-corrected chi connectivity index (χ2v) is 5.17. The number of rotatable bonds is 6. The Morgan fingerprint density at radius 3 is 2.48 bits per heavy atom. The van der Waals surface area contributed by atoms with Crippen LogP contribution in [0, 0.1) is 0 Å². The van der Waals surface area contributed by atoms with E-state index < -0.39 is 17.6 Å². The van der Waals surface area contributed by atoms with Crippen LogP contribution in [0.1, 0.15) is 0 Å². The Balaban J connectivity index is 2.04. The van der Waals surface area contributed by atoms with E-state index in [2.05, 4.69) is 5.32 Å². The maximum absolute atomic E-state index is 12.2. The van der Waals surface area contributed by atoms with E-state index >= 15 is 0 Å². The highest BCUT2D eigenvalue weighted by molar-refractivity contribution is 7.99. The molecule has 0 fully saturated rings. The zero-order chi connectivity index (χ0) is 15.4. The van der Waals surface area contributed by atoms with Crippen molar-refractivity contribution in [3.63, 3.8) is 0 Å². The maximum atomic E-state index is 12.2. The standard InChI is InChI=1S/C13H12F2N2O3S/c14-13(15)21-9-3-1-8(2-4-9)16-10-7-11(19)17(5-6-18)12(10)20/h1-4,7,13,16,18H,5-6H2. The van der Waals surface area contributed by atoms with Crippen LogP contribution < -0.4 is 5.32 Å². The van der Waals surface area contributed by atoms with Crippen LogP contribution in [0.2, 0.25) is 0 Å².